The summed E-state index contributed by atoms with van der Waals surface area (Å²) in [6.07, 6.45) is 5.88. The van der Waals surface area contributed by atoms with E-state index < -0.39 is 6.10 Å². The first-order valence-corrected chi connectivity index (χ1v) is 11.3. The van der Waals surface area contributed by atoms with E-state index >= 15 is 0 Å². The number of ether oxygens (including phenoxy) is 1. The van der Waals surface area contributed by atoms with Gasteiger partial charge in [-0.2, -0.15) is 0 Å². The molecule has 0 spiro atoms. The van der Waals surface area contributed by atoms with Gasteiger partial charge in [-0.3, -0.25) is 4.79 Å². The van der Waals surface area contributed by atoms with Crippen LogP contribution in [0.3, 0.4) is 0 Å². The molecule has 0 radical (unpaired) electrons. The molecule has 0 saturated heterocycles. The molecule has 1 saturated carbocycles. The van der Waals surface area contributed by atoms with Crippen LogP contribution in [0.1, 0.15) is 56.6 Å². The van der Waals surface area contributed by atoms with Gasteiger partial charge in [0.05, 0.1) is 0 Å². The van der Waals surface area contributed by atoms with E-state index in [0.29, 0.717) is 25.2 Å². The number of carbonyl (C=O) groups excluding carboxylic acids is 2. The van der Waals surface area contributed by atoms with Crippen molar-refractivity contribution < 1.29 is 14.3 Å². The topological polar surface area (TPSA) is 70.7 Å². The number of nitrogens with one attached hydrogen (secondary N) is 2. The number of rotatable bonds is 5. The predicted molar refractivity (Wildman–Crippen MR) is 121 cm³/mol. The highest BCUT2D eigenvalue weighted by molar-refractivity contribution is 5.89. The lowest BCUT2D eigenvalue weighted by molar-refractivity contribution is -0.141. The zero-order chi connectivity index (χ0) is 21.6. The van der Waals surface area contributed by atoms with Gasteiger partial charge in [-0.05, 0) is 43.0 Å². The summed E-state index contributed by atoms with van der Waals surface area (Å²) in [4.78, 5) is 27.5. The molecule has 6 heteroatoms. The van der Waals surface area contributed by atoms with Crippen molar-refractivity contribution in [1.29, 1.82) is 0 Å². The number of amides is 3. The molecule has 2 aromatic carbocycles. The van der Waals surface area contributed by atoms with Gasteiger partial charge in [-0.1, -0.05) is 56.5 Å². The van der Waals surface area contributed by atoms with Crippen molar-refractivity contribution in [3.63, 3.8) is 0 Å². The Kier molecular flexibility index (Phi) is 6.75. The van der Waals surface area contributed by atoms with Gasteiger partial charge in [0.15, 0.2) is 6.10 Å². The fourth-order valence-corrected chi connectivity index (χ4v) is 4.46. The zero-order valence-corrected chi connectivity index (χ0v) is 18.1. The predicted octanol–water partition coefficient (Wildman–Crippen LogP) is 4.84. The number of urea groups is 1. The fraction of sp³-hybridized carbons (Fsp3) is 0.440. The molecule has 1 heterocycles. The maximum Gasteiger partial charge on any atom is 0.319 e. The first-order valence-electron chi connectivity index (χ1n) is 11.3. The number of anilines is 1. The van der Waals surface area contributed by atoms with Crippen LogP contribution in [0.2, 0.25) is 0 Å². The summed E-state index contributed by atoms with van der Waals surface area (Å²) in [5.74, 6) is 0.814. The second-order valence-electron chi connectivity index (χ2n) is 8.39. The number of benzene rings is 2. The van der Waals surface area contributed by atoms with Crippen molar-refractivity contribution in [2.75, 3.05) is 5.32 Å². The van der Waals surface area contributed by atoms with Crippen LogP contribution in [-0.4, -0.2) is 29.0 Å². The first-order chi connectivity index (χ1) is 15.1. The molecular weight excluding hydrogens is 390 g/mol. The molecule has 31 heavy (non-hydrogen) atoms. The van der Waals surface area contributed by atoms with Gasteiger partial charge in [-0.25, -0.2) is 4.79 Å². The van der Waals surface area contributed by atoms with Crippen molar-refractivity contribution in [3.05, 3.63) is 59.7 Å². The lowest BCUT2D eigenvalue weighted by atomic mass is 9.93. The summed E-state index contributed by atoms with van der Waals surface area (Å²) < 4.78 is 6.09. The molecule has 1 aliphatic carbocycles. The van der Waals surface area contributed by atoms with E-state index in [1.54, 1.807) is 0 Å². The second kappa shape index (κ2) is 9.86. The standard InChI is InChI=1S/C25H31N3O3/c1-2-22-24(29)28(21-11-7-4-8-12-21)17-19-15-20(13-14-23(19)31-22)27-25(30)26-16-18-9-5-3-6-10-18/h3,5-6,9-10,13-15,21-22H,2,4,7-8,11-12,16-17H2,1H3,(H2,26,27,30). The van der Waals surface area contributed by atoms with Crippen molar-refractivity contribution in [3.8, 4) is 5.75 Å². The normalized spacial score (nSPS) is 19.2. The Balaban J connectivity index is 1.47. The summed E-state index contributed by atoms with van der Waals surface area (Å²) in [5, 5.41) is 5.78. The molecule has 1 unspecified atom stereocenters. The summed E-state index contributed by atoms with van der Waals surface area (Å²) in [6.45, 7) is 2.97. The molecular formula is C25H31N3O3. The number of hydrogen-bond donors (Lipinski definition) is 2. The third-order valence-corrected chi connectivity index (χ3v) is 6.17. The van der Waals surface area contributed by atoms with Gasteiger partial charge < -0.3 is 20.3 Å². The Bertz CT molecular complexity index is 909. The molecule has 164 valence electrons. The Hall–Kier alpha value is -3.02. The Morgan fingerprint density at radius 1 is 1.10 bits per heavy atom. The molecule has 2 aliphatic rings. The highest BCUT2D eigenvalue weighted by Gasteiger charge is 2.34. The maximum atomic E-state index is 13.1. The summed E-state index contributed by atoms with van der Waals surface area (Å²) in [5.41, 5.74) is 2.68. The van der Waals surface area contributed by atoms with Crippen molar-refractivity contribution in [1.82, 2.24) is 10.2 Å². The number of nitrogens with zero attached hydrogens (tertiary/aromatic N) is 1. The molecule has 0 aromatic heterocycles. The SMILES string of the molecule is CCC1Oc2ccc(NC(=O)NCc3ccccc3)cc2CN(C2CCCCC2)C1=O. The largest absolute Gasteiger partial charge is 0.480 e. The lowest BCUT2D eigenvalue weighted by Gasteiger charge is -2.34. The van der Waals surface area contributed by atoms with Crippen molar-refractivity contribution in [2.45, 2.75) is 70.7 Å². The van der Waals surface area contributed by atoms with Crippen LogP contribution in [0, 0.1) is 0 Å². The molecule has 1 aliphatic heterocycles. The molecule has 0 bridgehead atoms. The fourth-order valence-electron chi connectivity index (χ4n) is 4.46. The van der Waals surface area contributed by atoms with Crippen LogP contribution < -0.4 is 15.4 Å². The smallest absolute Gasteiger partial charge is 0.319 e. The quantitative estimate of drug-likeness (QED) is 0.726. The van der Waals surface area contributed by atoms with E-state index in [0.717, 1.165) is 29.7 Å². The maximum absolute atomic E-state index is 13.1. The van der Waals surface area contributed by atoms with E-state index in [4.69, 9.17) is 4.74 Å². The van der Waals surface area contributed by atoms with Gasteiger partial charge >= 0.3 is 6.03 Å². The van der Waals surface area contributed by atoms with Crippen molar-refractivity contribution >= 4 is 17.6 Å². The van der Waals surface area contributed by atoms with E-state index in [1.807, 2.05) is 60.4 Å². The van der Waals surface area contributed by atoms with Crippen LogP contribution in [-0.2, 0) is 17.9 Å². The van der Waals surface area contributed by atoms with Gasteiger partial charge in [-0.15, -0.1) is 0 Å². The van der Waals surface area contributed by atoms with Gasteiger partial charge in [0.25, 0.3) is 5.91 Å². The molecule has 1 fully saturated rings. The van der Waals surface area contributed by atoms with E-state index in [9.17, 15) is 9.59 Å². The molecule has 2 aromatic rings. The van der Waals surface area contributed by atoms with Crippen LogP contribution in [0.15, 0.2) is 48.5 Å². The van der Waals surface area contributed by atoms with Crippen LogP contribution in [0.25, 0.3) is 0 Å². The molecule has 1 atom stereocenters. The summed E-state index contributed by atoms with van der Waals surface area (Å²) in [7, 11) is 0. The van der Waals surface area contributed by atoms with E-state index in [2.05, 4.69) is 10.6 Å². The van der Waals surface area contributed by atoms with Gasteiger partial charge in [0, 0.05) is 30.4 Å². The summed E-state index contributed by atoms with van der Waals surface area (Å²) in [6, 6.07) is 15.4. The molecule has 2 N–H and O–H groups in total. The average Bonchev–Trinajstić information content (AvgIpc) is 2.95. The number of hydrogen-bond acceptors (Lipinski definition) is 3. The van der Waals surface area contributed by atoms with E-state index in [-0.39, 0.29) is 18.0 Å². The second-order valence-corrected chi connectivity index (χ2v) is 8.39. The zero-order valence-electron chi connectivity index (χ0n) is 18.1. The minimum absolute atomic E-state index is 0.0840. The van der Waals surface area contributed by atoms with Gasteiger partial charge in [0.1, 0.15) is 5.75 Å². The highest BCUT2D eigenvalue weighted by Crippen LogP contribution is 2.33. The number of fused-ring (bicyclic) bond motifs is 1. The highest BCUT2D eigenvalue weighted by atomic mass is 16.5. The Morgan fingerprint density at radius 2 is 1.87 bits per heavy atom. The van der Waals surface area contributed by atoms with Gasteiger partial charge in [0.2, 0.25) is 0 Å². The van der Waals surface area contributed by atoms with Crippen LogP contribution in [0.4, 0.5) is 10.5 Å². The minimum atomic E-state index is -0.448. The monoisotopic (exact) mass is 421 g/mol. The third kappa shape index (κ3) is 5.19. The average molecular weight is 422 g/mol. The van der Waals surface area contributed by atoms with E-state index in [1.165, 1.54) is 19.3 Å². The Labute approximate surface area is 184 Å². The Morgan fingerprint density at radius 3 is 2.61 bits per heavy atom. The van der Waals surface area contributed by atoms with Crippen LogP contribution >= 0.6 is 0 Å². The lowest BCUT2D eigenvalue weighted by Crippen LogP contribution is -2.45. The first kappa shape index (κ1) is 21.2. The summed E-state index contributed by atoms with van der Waals surface area (Å²) >= 11 is 0. The molecule has 3 amide bonds. The van der Waals surface area contributed by atoms with Crippen LogP contribution in [0.5, 0.6) is 5.75 Å². The third-order valence-electron chi connectivity index (χ3n) is 6.17. The molecule has 6 nitrogen and oxygen atoms in total. The number of carbonyl (C=O) groups is 2. The molecule has 4 rings (SSSR count). The minimum Gasteiger partial charge on any atom is -0.480 e. The van der Waals surface area contributed by atoms with Crippen molar-refractivity contribution in [2.24, 2.45) is 0 Å².